The maximum Gasteiger partial charge on any atom is 0.404 e. The summed E-state index contributed by atoms with van der Waals surface area (Å²) in [6, 6.07) is 4.59. The standard InChI is InChI=1S/C14H19FN2O2/c1-9(16-13(18)19)8-17-12-5-4-11(15)6-10(12)7-14(17,2)3/h4-6,9,16H,7-8H2,1-3H3,(H,18,19)/t9-/m0/s1. The SMILES string of the molecule is C[C@@H](CN1c2ccc(F)cc2CC1(C)C)NC(=O)O. The average molecular weight is 266 g/mol. The quantitative estimate of drug-likeness (QED) is 0.884. The lowest BCUT2D eigenvalue weighted by Gasteiger charge is -2.36. The average Bonchev–Trinajstić information content (AvgIpc) is 2.48. The molecule has 0 saturated heterocycles. The van der Waals surface area contributed by atoms with Gasteiger partial charge in [0.2, 0.25) is 0 Å². The molecule has 0 aromatic heterocycles. The molecule has 19 heavy (non-hydrogen) atoms. The van der Waals surface area contributed by atoms with Crippen LogP contribution in [0.2, 0.25) is 0 Å². The van der Waals surface area contributed by atoms with Gasteiger partial charge in [0, 0.05) is 23.8 Å². The zero-order valence-electron chi connectivity index (χ0n) is 11.4. The third kappa shape index (κ3) is 2.80. The molecule has 0 bridgehead atoms. The van der Waals surface area contributed by atoms with Crippen molar-refractivity contribution in [2.75, 3.05) is 11.4 Å². The zero-order valence-corrected chi connectivity index (χ0v) is 11.4. The first kappa shape index (κ1) is 13.6. The van der Waals surface area contributed by atoms with E-state index in [1.165, 1.54) is 6.07 Å². The molecule has 2 rings (SSSR count). The predicted octanol–water partition coefficient (Wildman–Crippen LogP) is 2.62. The summed E-state index contributed by atoms with van der Waals surface area (Å²) in [5.74, 6) is -0.229. The summed E-state index contributed by atoms with van der Waals surface area (Å²) in [6.45, 7) is 6.56. The Morgan fingerprint density at radius 3 is 2.89 bits per heavy atom. The number of halogens is 1. The van der Waals surface area contributed by atoms with E-state index >= 15 is 0 Å². The molecular weight excluding hydrogens is 247 g/mol. The molecule has 0 unspecified atom stereocenters. The Labute approximate surface area is 112 Å². The number of carboxylic acid groups (broad SMARTS) is 1. The molecule has 104 valence electrons. The molecule has 1 amide bonds. The molecule has 1 aliphatic heterocycles. The predicted molar refractivity (Wildman–Crippen MR) is 72.2 cm³/mol. The minimum absolute atomic E-state index is 0.134. The minimum Gasteiger partial charge on any atom is -0.465 e. The lowest BCUT2D eigenvalue weighted by molar-refractivity contribution is 0.190. The maximum atomic E-state index is 13.3. The van der Waals surface area contributed by atoms with Crippen molar-refractivity contribution in [1.82, 2.24) is 5.32 Å². The summed E-state index contributed by atoms with van der Waals surface area (Å²) in [5, 5.41) is 11.2. The van der Waals surface area contributed by atoms with E-state index in [1.807, 2.05) is 6.92 Å². The second-order valence-electron chi connectivity index (χ2n) is 5.72. The van der Waals surface area contributed by atoms with E-state index in [1.54, 1.807) is 12.1 Å². The third-order valence-corrected chi connectivity index (χ3v) is 3.51. The second kappa shape index (κ2) is 4.72. The highest BCUT2D eigenvalue weighted by atomic mass is 19.1. The fraction of sp³-hybridized carbons (Fsp3) is 0.500. The van der Waals surface area contributed by atoms with Crippen LogP contribution in [0.4, 0.5) is 14.9 Å². The van der Waals surface area contributed by atoms with Crippen molar-refractivity contribution in [2.45, 2.75) is 38.8 Å². The van der Waals surface area contributed by atoms with Gasteiger partial charge in [0.05, 0.1) is 0 Å². The lowest BCUT2D eigenvalue weighted by atomic mass is 9.99. The number of carbonyl (C=O) groups is 1. The maximum absolute atomic E-state index is 13.3. The van der Waals surface area contributed by atoms with Gasteiger partial charge in [-0.15, -0.1) is 0 Å². The first-order valence-corrected chi connectivity index (χ1v) is 6.35. The Kier molecular flexibility index (Phi) is 3.39. The number of rotatable bonds is 3. The fourth-order valence-corrected chi connectivity index (χ4v) is 2.72. The summed E-state index contributed by atoms with van der Waals surface area (Å²) in [6.07, 6.45) is -0.260. The molecule has 1 aromatic carbocycles. The molecule has 0 saturated carbocycles. The molecule has 1 atom stereocenters. The molecule has 1 aliphatic rings. The van der Waals surface area contributed by atoms with Crippen LogP contribution >= 0.6 is 0 Å². The van der Waals surface area contributed by atoms with Gasteiger partial charge in [0.25, 0.3) is 0 Å². The Balaban J connectivity index is 2.22. The number of hydrogen-bond acceptors (Lipinski definition) is 2. The Hall–Kier alpha value is -1.78. The topological polar surface area (TPSA) is 52.6 Å². The summed E-state index contributed by atoms with van der Waals surface area (Å²) in [7, 11) is 0. The van der Waals surface area contributed by atoms with Gasteiger partial charge in [-0.05, 0) is 51.0 Å². The van der Waals surface area contributed by atoms with Crippen molar-refractivity contribution in [3.63, 3.8) is 0 Å². The molecule has 0 spiro atoms. The number of nitrogens with one attached hydrogen (secondary N) is 1. The summed E-state index contributed by atoms with van der Waals surface area (Å²) in [5.41, 5.74) is 1.84. The van der Waals surface area contributed by atoms with Crippen LogP contribution in [-0.4, -0.2) is 29.3 Å². The third-order valence-electron chi connectivity index (χ3n) is 3.51. The van der Waals surface area contributed by atoms with Crippen molar-refractivity contribution in [3.05, 3.63) is 29.6 Å². The van der Waals surface area contributed by atoms with E-state index < -0.39 is 6.09 Å². The summed E-state index contributed by atoms with van der Waals surface area (Å²) < 4.78 is 13.3. The van der Waals surface area contributed by atoms with E-state index in [0.717, 1.165) is 17.7 Å². The van der Waals surface area contributed by atoms with E-state index in [9.17, 15) is 9.18 Å². The molecule has 0 aliphatic carbocycles. The highest BCUT2D eigenvalue weighted by Crippen LogP contribution is 2.38. The fourth-order valence-electron chi connectivity index (χ4n) is 2.72. The van der Waals surface area contributed by atoms with E-state index in [4.69, 9.17) is 5.11 Å². The van der Waals surface area contributed by atoms with Crippen LogP contribution in [0.3, 0.4) is 0 Å². The van der Waals surface area contributed by atoms with Crippen molar-refractivity contribution in [2.24, 2.45) is 0 Å². The number of hydrogen-bond donors (Lipinski definition) is 2. The van der Waals surface area contributed by atoms with Crippen LogP contribution in [0.5, 0.6) is 0 Å². The van der Waals surface area contributed by atoms with Gasteiger partial charge in [-0.2, -0.15) is 0 Å². The van der Waals surface area contributed by atoms with Gasteiger partial charge in [-0.25, -0.2) is 9.18 Å². The van der Waals surface area contributed by atoms with Crippen LogP contribution in [0.15, 0.2) is 18.2 Å². The van der Waals surface area contributed by atoms with Crippen molar-refractivity contribution in [3.8, 4) is 0 Å². The zero-order chi connectivity index (χ0) is 14.2. The molecule has 2 N–H and O–H groups in total. The van der Waals surface area contributed by atoms with Gasteiger partial charge >= 0.3 is 6.09 Å². The first-order valence-electron chi connectivity index (χ1n) is 6.35. The van der Waals surface area contributed by atoms with Gasteiger partial charge in [-0.3, -0.25) is 0 Å². The number of nitrogens with zero attached hydrogens (tertiary/aromatic N) is 1. The van der Waals surface area contributed by atoms with Crippen LogP contribution < -0.4 is 10.2 Å². The van der Waals surface area contributed by atoms with Gasteiger partial charge in [0.1, 0.15) is 5.82 Å². The van der Waals surface area contributed by atoms with E-state index in [2.05, 4.69) is 24.1 Å². The monoisotopic (exact) mass is 266 g/mol. The van der Waals surface area contributed by atoms with Gasteiger partial charge in [-0.1, -0.05) is 0 Å². The lowest BCUT2D eigenvalue weighted by Crippen LogP contribution is -2.49. The molecule has 5 heteroatoms. The first-order chi connectivity index (χ1) is 8.79. The largest absolute Gasteiger partial charge is 0.465 e. The van der Waals surface area contributed by atoms with Crippen molar-refractivity contribution in [1.29, 1.82) is 0 Å². The second-order valence-corrected chi connectivity index (χ2v) is 5.72. The van der Waals surface area contributed by atoms with Crippen LogP contribution in [-0.2, 0) is 6.42 Å². The number of fused-ring (bicyclic) bond motifs is 1. The molecule has 4 nitrogen and oxygen atoms in total. The smallest absolute Gasteiger partial charge is 0.404 e. The number of amides is 1. The number of anilines is 1. The minimum atomic E-state index is -1.02. The molecule has 1 heterocycles. The van der Waals surface area contributed by atoms with Gasteiger partial charge < -0.3 is 15.3 Å². The van der Waals surface area contributed by atoms with Crippen LogP contribution in [0.1, 0.15) is 26.3 Å². The molecule has 1 aromatic rings. The molecule has 0 fully saturated rings. The van der Waals surface area contributed by atoms with Crippen LogP contribution in [0.25, 0.3) is 0 Å². The Bertz CT molecular complexity index is 502. The molecule has 0 radical (unpaired) electrons. The highest BCUT2D eigenvalue weighted by molar-refractivity contribution is 5.65. The Morgan fingerprint density at radius 1 is 1.58 bits per heavy atom. The van der Waals surface area contributed by atoms with Crippen molar-refractivity contribution < 1.29 is 14.3 Å². The van der Waals surface area contributed by atoms with E-state index in [-0.39, 0.29) is 17.4 Å². The summed E-state index contributed by atoms with van der Waals surface area (Å²) in [4.78, 5) is 12.8. The summed E-state index contributed by atoms with van der Waals surface area (Å²) >= 11 is 0. The van der Waals surface area contributed by atoms with E-state index in [0.29, 0.717) is 6.54 Å². The Morgan fingerprint density at radius 2 is 2.26 bits per heavy atom. The van der Waals surface area contributed by atoms with Crippen molar-refractivity contribution >= 4 is 11.8 Å². The van der Waals surface area contributed by atoms with Crippen LogP contribution in [0, 0.1) is 5.82 Å². The highest BCUT2D eigenvalue weighted by Gasteiger charge is 2.36. The normalized spacial score (nSPS) is 18.0. The molecular formula is C14H19FN2O2. The van der Waals surface area contributed by atoms with Gasteiger partial charge in [0.15, 0.2) is 0 Å². The number of benzene rings is 1.